The van der Waals surface area contributed by atoms with E-state index in [1.165, 1.54) is 12.8 Å². The number of halogens is 1. The molecule has 0 aromatic heterocycles. The number of rotatable bonds is 3. The minimum atomic E-state index is 0.504. The van der Waals surface area contributed by atoms with Gasteiger partial charge in [-0.15, -0.1) is 0 Å². The number of hydrogen-bond donors (Lipinski definition) is 1. The van der Waals surface area contributed by atoms with Crippen molar-refractivity contribution in [2.75, 3.05) is 32.5 Å². The molecule has 0 bridgehead atoms. The second-order valence-corrected chi connectivity index (χ2v) is 6.39. The summed E-state index contributed by atoms with van der Waals surface area (Å²) < 4.78 is 0. The molecule has 0 aliphatic carbocycles. The van der Waals surface area contributed by atoms with Crippen LogP contribution < -0.4 is 5.32 Å². The van der Waals surface area contributed by atoms with Crippen molar-refractivity contribution in [1.29, 1.82) is 0 Å². The van der Waals surface area contributed by atoms with Crippen LogP contribution in [0.4, 0.5) is 5.69 Å². The number of nitrogens with zero attached hydrogens (tertiary/aromatic N) is 2. The molecule has 1 saturated heterocycles. The first-order chi connectivity index (χ1) is 9.49. The largest absolute Gasteiger partial charge is 0.345 e. The highest BCUT2D eigenvalue weighted by atomic mass is 35.5. The molecule has 1 aromatic rings. The molecular weight excluding hydrogens is 290 g/mol. The van der Waals surface area contributed by atoms with Gasteiger partial charge in [0.1, 0.15) is 0 Å². The van der Waals surface area contributed by atoms with E-state index in [1.807, 2.05) is 25.1 Å². The molecule has 1 aromatic carbocycles. The van der Waals surface area contributed by atoms with E-state index in [-0.39, 0.29) is 0 Å². The smallest absolute Gasteiger partial charge is 0.173 e. The second-order valence-electron chi connectivity index (χ2n) is 5.59. The Hall–Kier alpha value is -0.840. The molecule has 1 fully saturated rings. The number of benzene rings is 1. The van der Waals surface area contributed by atoms with Crippen LogP contribution in [0.3, 0.4) is 0 Å². The van der Waals surface area contributed by atoms with Gasteiger partial charge in [-0.1, -0.05) is 17.7 Å². The van der Waals surface area contributed by atoms with Crippen LogP contribution in [0.15, 0.2) is 18.2 Å². The summed E-state index contributed by atoms with van der Waals surface area (Å²) in [7, 11) is 4.21. The van der Waals surface area contributed by atoms with Gasteiger partial charge in [0.2, 0.25) is 0 Å². The highest BCUT2D eigenvalue weighted by Crippen LogP contribution is 2.25. The first kappa shape index (κ1) is 15.5. The number of hydrogen-bond acceptors (Lipinski definition) is 2. The van der Waals surface area contributed by atoms with Crippen LogP contribution in [0, 0.1) is 6.92 Å². The fourth-order valence-electron chi connectivity index (χ4n) is 2.64. The maximum Gasteiger partial charge on any atom is 0.173 e. The normalized spacial score (nSPS) is 18.6. The topological polar surface area (TPSA) is 18.5 Å². The van der Waals surface area contributed by atoms with Gasteiger partial charge in [-0.05, 0) is 63.8 Å². The number of likely N-dealkylation sites (N-methyl/N-ethyl adjacent to an activating group) is 1. The summed E-state index contributed by atoms with van der Waals surface area (Å²) in [5, 5.41) is 4.92. The van der Waals surface area contributed by atoms with Gasteiger partial charge >= 0.3 is 0 Å². The SMILES string of the molecule is Cc1c(Cl)cccc1NC(=S)N1CCCC1CN(C)C. The highest BCUT2D eigenvalue weighted by Gasteiger charge is 2.27. The molecule has 1 heterocycles. The number of likely N-dealkylation sites (tertiary alicyclic amines) is 1. The molecule has 0 spiro atoms. The Balaban J connectivity index is 2.06. The van der Waals surface area contributed by atoms with Crippen molar-refractivity contribution >= 4 is 34.6 Å². The van der Waals surface area contributed by atoms with Crippen molar-refractivity contribution in [2.45, 2.75) is 25.8 Å². The molecule has 1 N–H and O–H groups in total. The van der Waals surface area contributed by atoms with E-state index in [0.29, 0.717) is 6.04 Å². The van der Waals surface area contributed by atoms with E-state index in [1.54, 1.807) is 0 Å². The van der Waals surface area contributed by atoms with Gasteiger partial charge in [0.15, 0.2) is 5.11 Å². The minimum Gasteiger partial charge on any atom is -0.345 e. The predicted octanol–water partition coefficient (Wildman–Crippen LogP) is 3.37. The summed E-state index contributed by atoms with van der Waals surface area (Å²) in [4.78, 5) is 4.52. The van der Waals surface area contributed by atoms with E-state index in [4.69, 9.17) is 23.8 Å². The molecule has 1 aliphatic heterocycles. The molecule has 1 atom stereocenters. The van der Waals surface area contributed by atoms with Crippen LogP contribution in [-0.2, 0) is 0 Å². The zero-order chi connectivity index (χ0) is 14.7. The lowest BCUT2D eigenvalue weighted by molar-refractivity contribution is 0.288. The maximum absolute atomic E-state index is 6.15. The maximum atomic E-state index is 6.15. The first-order valence-electron chi connectivity index (χ1n) is 6.96. The summed E-state index contributed by atoms with van der Waals surface area (Å²) in [6, 6.07) is 6.37. The van der Waals surface area contributed by atoms with Crippen molar-refractivity contribution in [2.24, 2.45) is 0 Å². The van der Waals surface area contributed by atoms with Gasteiger partial charge in [-0.3, -0.25) is 0 Å². The van der Waals surface area contributed by atoms with E-state index >= 15 is 0 Å². The zero-order valence-corrected chi connectivity index (χ0v) is 13.9. The van der Waals surface area contributed by atoms with Gasteiger partial charge in [0.05, 0.1) is 0 Å². The van der Waals surface area contributed by atoms with Crippen LogP contribution in [0.25, 0.3) is 0 Å². The predicted molar refractivity (Wildman–Crippen MR) is 90.7 cm³/mol. The summed E-state index contributed by atoms with van der Waals surface area (Å²) in [6.45, 7) is 4.08. The third-order valence-corrected chi connectivity index (χ3v) is 4.47. The van der Waals surface area contributed by atoms with Crippen LogP contribution in [0.2, 0.25) is 5.02 Å². The van der Waals surface area contributed by atoms with E-state index < -0.39 is 0 Å². The quantitative estimate of drug-likeness (QED) is 0.862. The molecule has 20 heavy (non-hydrogen) atoms. The molecule has 2 rings (SSSR count). The Bertz CT molecular complexity index is 490. The third-order valence-electron chi connectivity index (χ3n) is 3.72. The number of thiocarbonyl (C=S) groups is 1. The summed E-state index contributed by atoms with van der Waals surface area (Å²) in [5.74, 6) is 0. The summed E-state index contributed by atoms with van der Waals surface area (Å²) in [5.41, 5.74) is 2.04. The van der Waals surface area contributed by atoms with Gasteiger partial charge in [0.25, 0.3) is 0 Å². The van der Waals surface area contributed by atoms with Crippen LogP contribution >= 0.6 is 23.8 Å². The molecule has 1 aliphatic rings. The van der Waals surface area contributed by atoms with Crippen molar-refractivity contribution in [3.05, 3.63) is 28.8 Å². The van der Waals surface area contributed by atoms with Gasteiger partial charge in [-0.2, -0.15) is 0 Å². The monoisotopic (exact) mass is 311 g/mol. The fraction of sp³-hybridized carbons (Fsp3) is 0.533. The third kappa shape index (κ3) is 3.62. The molecular formula is C15H22ClN3S. The van der Waals surface area contributed by atoms with Crippen molar-refractivity contribution < 1.29 is 0 Å². The van der Waals surface area contributed by atoms with Crippen LogP contribution in [0.5, 0.6) is 0 Å². The van der Waals surface area contributed by atoms with Crippen LogP contribution in [-0.4, -0.2) is 48.1 Å². The fourth-order valence-corrected chi connectivity index (χ4v) is 3.17. The Kier molecular flexibility index (Phi) is 5.24. The molecule has 110 valence electrons. The van der Waals surface area contributed by atoms with E-state index in [9.17, 15) is 0 Å². The first-order valence-corrected chi connectivity index (χ1v) is 7.75. The summed E-state index contributed by atoms with van der Waals surface area (Å²) in [6.07, 6.45) is 2.41. The Morgan fingerprint density at radius 2 is 2.25 bits per heavy atom. The molecule has 5 heteroatoms. The highest BCUT2D eigenvalue weighted by molar-refractivity contribution is 7.80. The van der Waals surface area contributed by atoms with E-state index in [0.717, 1.165) is 34.5 Å². The number of anilines is 1. The molecule has 1 unspecified atom stereocenters. The lowest BCUT2D eigenvalue weighted by Gasteiger charge is -2.30. The molecule has 0 radical (unpaired) electrons. The molecule has 0 saturated carbocycles. The Morgan fingerprint density at radius 3 is 2.95 bits per heavy atom. The van der Waals surface area contributed by atoms with E-state index in [2.05, 4.69) is 29.2 Å². The molecule has 3 nitrogen and oxygen atoms in total. The van der Waals surface area contributed by atoms with Gasteiger partial charge in [0, 0.05) is 29.8 Å². The van der Waals surface area contributed by atoms with Crippen molar-refractivity contribution in [3.8, 4) is 0 Å². The standard InChI is InChI=1S/C15H22ClN3S/c1-11-13(16)7-4-8-14(11)17-15(20)19-9-5-6-12(19)10-18(2)3/h4,7-8,12H,5-6,9-10H2,1-3H3,(H,17,20). The average molecular weight is 312 g/mol. The Labute approximate surface area is 131 Å². The zero-order valence-electron chi connectivity index (χ0n) is 12.3. The molecule has 0 amide bonds. The average Bonchev–Trinajstić information content (AvgIpc) is 2.82. The lowest BCUT2D eigenvalue weighted by Crippen LogP contribution is -2.43. The number of nitrogens with one attached hydrogen (secondary N) is 1. The second kappa shape index (κ2) is 6.74. The van der Waals surface area contributed by atoms with Crippen molar-refractivity contribution in [3.63, 3.8) is 0 Å². The van der Waals surface area contributed by atoms with Crippen LogP contribution in [0.1, 0.15) is 18.4 Å². The lowest BCUT2D eigenvalue weighted by atomic mass is 10.2. The minimum absolute atomic E-state index is 0.504. The van der Waals surface area contributed by atoms with Crippen molar-refractivity contribution in [1.82, 2.24) is 9.80 Å². The Morgan fingerprint density at radius 1 is 1.50 bits per heavy atom. The van der Waals surface area contributed by atoms with Gasteiger partial charge < -0.3 is 15.1 Å². The van der Waals surface area contributed by atoms with Gasteiger partial charge in [-0.25, -0.2) is 0 Å². The summed E-state index contributed by atoms with van der Waals surface area (Å²) >= 11 is 11.7.